The number of carbonyl (C=O) groups is 2. The van der Waals surface area contributed by atoms with Crippen molar-refractivity contribution in [2.45, 2.75) is 0 Å². The van der Waals surface area contributed by atoms with Gasteiger partial charge >= 0.3 is 5.97 Å². The fourth-order valence-corrected chi connectivity index (χ4v) is 2.33. The molecule has 0 saturated heterocycles. The largest absolute Gasteiger partial charge is 0.475 e. The van der Waals surface area contributed by atoms with Crippen LogP contribution in [0.15, 0.2) is 65.1 Å². The molecule has 2 aromatic carbocycles. The summed E-state index contributed by atoms with van der Waals surface area (Å²) in [6.45, 7) is 0. The minimum Gasteiger partial charge on any atom is -0.475 e. The Morgan fingerprint density at radius 2 is 1.75 bits per heavy atom. The number of anilines is 1. The number of aromatic carboxylic acids is 1. The molecule has 0 aliphatic carbocycles. The maximum Gasteiger partial charge on any atom is 0.371 e. The summed E-state index contributed by atoms with van der Waals surface area (Å²) < 4.78 is 5.26. The summed E-state index contributed by atoms with van der Waals surface area (Å²) in [6.07, 6.45) is 0. The van der Waals surface area contributed by atoms with Crippen molar-refractivity contribution in [1.29, 1.82) is 0 Å². The summed E-state index contributed by atoms with van der Waals surface area (Å²) in [5.74, 6) is -1.22. The number of furan rings is 1. The minimum atomic E-state index is -1.15. The molecule has 0 bridgehead atoms. The summed E-state index contributed by atoms with van der Waals surface area (Å²) in [6, 6.07) is 16.6. The lowest BCUT2D eigenvalue weighted by atomic mass is 10.1. The van der Waals surface area contributed by atoms with Gasteiger partial charge in [0.15, 0.2) is 0 Å². The van der Waals surface area contributed by atoms with E-state index in [-0.39, 0.29) is 11.7 Å². The quantitative estimate of drug-likeness (QED) is 0.729. The molecule has 5 nitrogen and oxygen atoms in total. The summed E-state index contributed by atoms with van der Waals surface area (Å²) in [5, 5.41) is 12.0. The second-order valence-electron chi connectivity index (χ2n) is 4.98. The number of hydrogen-bond donors (Lipinski definition) is 2. The molecular weight excluding hydrogens is 330 g/mol. The Morgan fingerprint density at radius 1 is 1.00 bits per heavy atom. The third kappa shape index (κ3) is 3.31. The molecule has 0 saturated carbocycles. The molecule has 0 aliphatic rings. The maximum atomic E-state index is 12.2. The molecule has 6 heteroatoms. The molecule has 24 heavy (non-hydrogen) atoms. The van der Waals surface area contributed by atoms with Crippen LogP contribution < -0.4 is 5.32 Å². The first-order valence-electron chi connectivity index (χ1n) is 7.04. The van der Waals surface area contributed by atoms with E-state index < -0.39 is 5.97 Å². The summed E-state index contributed by atoms with van der Waals surface area (Å²) >= 11 is 6.13. The molecular formula is C18H12ClNO4. The zero-order valence-corrected chi connectivity index (χ0v) is 13.1. The number of halogens is 1. The van der Waals surface area contributed by atoms with Gasteiger partial charge in [-0.2, -0.15) is 0 Å². The Labute approximate surface area is 142 Å². The van der Waals surface area contributed by atoms with Gasteiger partial charge in [0.1, 0.15) is 5.76 Å². The van der Waals surface area contributed by atoms with E-state index in [9.17, 15) is 9.59 Å². The molecule has 1 aromatic heterocycles. The first-order chi connectivity index (χ1) is 11.5. The third-order valence-corrected chi connectivity index (χ3v) is 3.68. The molecule has 2 N–H and O–H groups in total. The van der Waals surface area contributed by atoms with Crippen molar-refractivity contribution in [3.8, 4) is 11.3 Å². The van der Waals surface area contributed by atoms with Crippen LogP contribution in [-0.2, 0) is 0 Å². The van der Waals surface area contributed by atoms with Crippen molar-refractivity contribution < 1.29 is 19.1 Å². The predicted molar refractivity (Wildman–Crippen MR) is 90.5 cm³/mol. The van der Waals surface area contributed by atoms with E-state index in [1.54, 1.807) is 48.5 Å². The normalized spacial score (nSPS) is 10.4. The minimum absolute atomic E-state index is 0.158. The van der Waals surface area contributed by atoms with Crippen LogP contribution in [0.2, 0.25) is 5.02 Å². The van der Waals surface area contributed by atoms with Gasteiger partial charge in [-0.1, -0.05) is 29.8 Å². The summed E-state index contributed by atoms with van der Waals surface area (Å²) in [5.41, 5.74) is 1.52. The van der Waals surface area contributed by atoms with E-state index in [2.05, 4.69) is 5.32 Å². The second kappa shape index (κ2) is 6.60. The Kier molecular flexibility index (Phi) is 4.35. The highest BCUT2D eigenvalue weighted by Crippen LogP contribution is 2.30. The smallest absolute Gasteiger partial charge is 0.371 e. The average molecular weight is 342 g/mol. The number of hydrogen-bond acceptors (Lipinski definition) is 3. The van der Waals surface area contributed by atoms with Crippen LogP contribution in [0, 0.1) is 0 Å². The molecule has 0 atom stereocenters. The van der Waals surface area contributed by atoms with Gasteiger partial charge < -0.3 is 14.8 Å². The van der Waals surface area contributed by atoms with Crippen LogP contribution in [0.4, 0.5) is 5.69 Å². The lowest BCUT2D eigenvalue weighted by Gasteiger charge is -2.09. The third-order valence-electron chi connectivity index (χ3n) is 3.35. The number of amides is 1. The van der Waals surface area contributed by atoms with Crippen LogP contribution in [0.5, 0.6) is 0 Å². The van der Waals surface area contributed by atoms with Crippen molar-refractivity contribution in [2.24, 2.45) is 0 Å². The Balaban J connectivity index is 1.88. The van der Waals surface area contributed by atoms with Crippen molar-refractivity contribution in [2.75, 3.05) is 5.32 Å². The first-order valence-corrected chi connectivity index (χ1v) is 7.42. The predicted octanol–water partition coefficient (Wildman–Crippen LogP) is 4.55. The monoisotopic (exact) mass is 341 g/mol. The highest BCUT2D eigenvalue weighted by Gasteiger charge is 2.13. The lowest BCUT2D eigenvalue weighted by molar-refractivity contribution is 0.0663. The molecule has 3 rings (SSSR count). The van der Waals surface area contributed by atoms with Gasteiger partial charge in [0.05, 0.1) is 10.7 Å². The second-order valence-corrected chi connectivity index (χ2v) is 5.39. The molecule has 0 unspecified atom stereocenters. The molecule has 1 heterocycles. The van der Waals surface area contributed by atoms with Crippen LogP contribution in [0.25, 0.3) is 11.3 Å². The van der Waals surface area contributed by atoms with Gasteiger partial charge in [-0.15, -0.1) is 0 Å². The Bertz CT molecular complexity index is 902. The first kappa shape index (κ1) is 15.8. The molecule has 120 valence electrons. The fourth-order valence-electron chi connectivity index (χ4n) is 2.17. The fraction of sp³-hybridized carbons (Fsp3) is 0. The van der Waals surface area contributed by atoms with Gasteiger partial charge in [0, 0.05) is 11.1 Å². The van der Waals surface area contributed by atoms with E-state index in [1.807, 2.05) is 6.07 Å². The van der Waals surface area contributed by atoms with E-state index in [0.717, 1.165) is 0 Å². The average Bonchev–Trinajstić information content (AvgIpc) is 3.08. The van der Waals surface area contributed by atoms with Crippen molar-refractivity contribution in [1.82, 2.24) is 0 Å². The van der Waals surface area contributed by atoms with Gasteiger partial charge in [0.2, 0.25) is 5.76 Å². The van der Waals surface area contributed by atoms with E-state index >= 15 is 0 Å². The van der Waals surface area contributed by atoms with Crippen molar-refractivity contribution in [3.05, 3.63) is 77.0 Å². The standard InChI is InChI=1S/C18H12ClNO4/c19-13-7-6-12(15-8-9-16(24-15)18(22)23)10-14(13)20-17(21)11-4-2-1-3-5-11/h1-10H,(H,20,21)(H,22,23). The summed E-state index contributed by atoms with van der Waals surface area (Å²) in [7, 11) is 0. The topological polar surface area (TPSA) is 79.5 Å². The lowest BCUT2D eigenvalue weighted by Crippen LogP contribution is -2.12. The number of carbonyl (C=O) groups excluding carboxylic acids is 1. The molecule has 0 spiro atoms. The van der Waals surface area contributed by atoms with Crippen molar-refractivity contribution >= 4 is 29.2 Å². The van der Waals surface area contributed by atoms with E-state index in [0.29, 0.717) is 27.6 Å². The number of rotatable bonds is 4. The molecule has 0 aliphatic heterocycles. The number of nitrogens with one attached hydrogen (secondary N) is 1. The zero-order valence-electron chi connectivity index (χ0n) is 12.3. The molecule has 1 amide bonds. The van der Waals surface area contributed by atoms with E-state index in [1.165, 1.54) is 6.07 Å². The van der Waals surface area contributed by atoms with Gasteiger partial charge in [0.25, 0.3) is 5.91 Å². The van der Waals surface area contributed by atoms with Crippen LogP contribution in [0.3, 0.4) is 0 Å². The van der Waals surface area contributed by atoms with E-state index in [4.69, 9.17) is 21.1 Å². The zero-order chi connectivity index (χ0) is 17.1. The highest BCUT2D eigenvalue weighted by atomic mass is 35.5. The maximum absolute atomic E-state index is 12.2. The Morgan fingerprint density at radius 3 is 2.42 bits per heavy atom. The molecule has 0 radical (unpaired) electrons. The Hall–Kier alpha value is -3.05. The van der Waals surface area contributed by atoms with Crippen LogP contribution in [-0.4, -0.2) is 17.0 Å². The SMILES string of the molecule is O=C(Nc1cc(-c2ccc(C(=O)O)o2)ccc1Cl)c1ccccc1. The number of carboxylic acids is 1. The highest BCUT2D eigenvalue weighted by molar-refractivity contribution is 6.34. The van der Waals surface area contributed by atoms with Crippen molar-refractivity contribution in [3.63, 3.8) is 0 Å². The summed E-state index contributed by atoms with van der Waals surface area (Å²) in [4.78, 5) is 23.1. The molecule has 3 aromatic rings. The van der Waals surface area contributed by atoms with Crippen LogP contribution in [0.1, 0.15) is 20.9 Å². The van der Waals surface area contributed by atoms with Gasteiger partial charge in [-0.25, -0.2) is 4.79 Å². The number of carboxylic acid groups (broad SMARTS) is 1. The van der Waals surface area contributed by atoms with Gasteiger partial charge in [-0.05, 0) is 42.5 Å². The number of benzene rings is 2. The molecule has 0 fully saturated rings. The van der Waals surface area contributed by atoms with Crippen LogP contribution >= 0.6 is 11.6 Å². The van der Waals surface area contributed by atoms with Gasteiger partial charge in [-0.3, -0.25) is 4.79 Å².